The van der Waals surface area contributed by atoms with Gasteiger partial charge in [0.25, 0.3) is 0 Å². The van der Waals surface area contributed by atoms with Gasteiger partial charge in [-0.25, -0.2) is 0 Å². The summed E-state index contributed by atoms with van der Waals surface area (Å²) in [4.78, 5) is 0. The van der Waals surface area contributed by atoms with Gasteiger partial charge in [-0.15, -0.1) is 0 Å². The molecule has 0 aliphatic carbocycles. The molecule has 0 amide bonds. The molecule has 2 N–H and O–H groups in total. The Hall–Kier alpha value is -0.570. The van der Waals surface area contributed by atoms with E-state index in [1.165, 1.54) is 5.56 Å². The lowest BCUT2D eigenvalue weighted by Crippen LogP contribution is -2.23. The summed E-state index contributed by atoms with van der Waals surface area (Å²) in [5, 5.41) is 12.7. The van der Waals surface area contributed by atoms with Crippen molar-refractivity contribution in [3.05, 3.63) is 34.9 Å². The first-order chi connectivity index (χ1) is 6.77. The van der Waals surface area contributed by atoms with Gasteiger partial charge in [0.15, 0.2) is 0 Å². The van der Waals surface area contributed by atoms with Crippen LogP contribution in [-0.4, -0.2) is 18.3 Å². The Morgan fingerprint density at radius 3 is 2.50 bits per heavy atom. The van der Waals surface area contributed by atoms with E-state index in [0.717, 1.165) is 11.4 Å². The van der Waals surface area contributed by atoms with E-state index in [2.05, 4.69) is 12.2 Å². The third-order valence-electron chi connectivity index (χ3n) is 2.18. The second-order valence-corrected chi connectivity index (χ2v) is 3.63. The molecule has 3 heteroatoms. The molecule has 0 aliphatic heterocycles. The van der Waals surface area contributed by atoms with Crippen molar-refractivity contribution >= 4 is 11.6 Å². The number of aliphatic hydroxyl groups is 1. The van der Waals surface area contributed by atoms with E-state index in [1.807, 2.05) is 24.3 Å². The van der Waals surface area contributed by atoms with Crippen LogP contribution in [-0.2, 0) is 0 Å². The molecule has 0 aliphatic rings. The zero-order valence-corrected chi connectivity index (χ0v) is 9.09. The molecule has 0 aromatic heterocycles. The summed E-state index contributed by atoms with van der Waals surface area (Å²) in [6.45, 7) is 2.91. The van der Waals surface area contributed by atoms with Crippen LogP contribution >= 0.6 is 11.6 Å². The Morgan fingerprint density at radius 1 is 1.36 bits per heavy atom. The molecular weight excluding hydrogens is 198 g/mol. The molecule has 0 heterocycles. The number of hydrogen-bond donors (Lipinski definition) is 2. The predicted octanol–water partition coefficient (Wildman–Crippen LogP) is 2.37. The molecule has 1 aromatic carbocycles. The predicted molar refractivity (Wildman–Crippen MR) is 59.6 cm³/mol. The Kier molecular flexibility index (Phi) is 4.94. The molecule has 78 valence electrons. The molecule has 14 heavy (non-hydrogen) atoms. The van der Waals surface area contributed by atoms with Gasteiger partial charge in [-0.3, -0.25) is 0 Å². The topological polar surface area (TPSA) is 32.3 Å². The Labute approximate surface area is 89.9 Å². The number of nitrogens with one attached hydrogen (secondary N) is 1. The summed E-state index contributed by atoms with van der Waals surface area (Å²) >= 11 is 5.80. The van der Waals surface area contributed by atoms with Gasteiger partial charge in [0.1, 0.15) is 0 Å². The first kappa shape index (κ1) is 11.5. The first-order valence-corrected chi connectivity index (χ1v) is 5.25. The summed E-state index contributed by atoms with van der Waals surface area (Å²) in [7, 11) is 0. The highest BCUT2D eigenvalue weighted by Crippen LogP contribution is 2.18. The second kappa shape index (κ2) is 6.02. The number of hydrogen-bond acceptors (Lipinski definition) is 2. The molecule has 0 saturated heterocycles. The number of halogens is 1. The van der Waals surface area contributed by atoms with Crippen LogP contribution in [0.15, 0.2) is 24.3 Å². The maximum Gasteiger partial charge on any atom is 0.0556 e. The standard InChI is InChI=1S/C11H16ClNO/c1-2-11(13-7-8-14)9-3-5-10(12)6-4-9/h3-6,11,13-14H,2,7-8H2,1H3. The lowest BCUT2D eigenvalue weighted by Gasteiger charge is -2.16. The van der Waals surface area contributed by atoms with Crippen molar-refractivity contribution in [2.24, 2.45) is 0 Å². The number of rotatable bonds is 5. The summed E-state index contributed by atoms with van der Waals surface area (Å²) in [5.41, 5.74) is 1.21. The highest BCUT2D eigenvalue weighted by Gasteiger charge is 2.06. The maximum absolute atomic E-state index is 8.72. The fourth-order valence-electron chi connectivity index (χ4n) is 1.43. The van der Waals surface area contributed by atoms with Crippen molar-refractivity contribution in [3.8, 4) is 0 Å². The average Bonchev–Trinajstić information content (AvgIpc) is 2.21. The smallest absolute Gasteiger partial charge is 0.0556 e. The van der Waals surface area contributed by atoms with Crippen LogP contribution in [0, 0.1) is 0 Å². The zero-order chi connectivity index (χ0) is 10.4. The van der Waals surface area contributed by atoms with Gasteiger partial charge >= 0.3 is 0 Å². The van der Waals surface area contributed by atoms with Crippen LogP contribution in [0.5, 0.6) is 0 Å². The van der Waals surface area contributed by atoms with Gasteiger partial charge in [0.2, 0.25) is 0 Å². The minimum absolute atomic E-state index is 0.171. The molecule has 0 radical (unpaired) electrons. The van der Waals surface area contributed by atoms with Gasteiger partial charge in [-0.05, 0) is 24.1 Å². The lowest BCUT2D eigenvalue weighted by atomic mass is 10.0. The highest BCUT2D eigenvalue weighted by atomic mass is 35.5. The van der Waals surface area contributed by atoms with E-state index in [1.54, 1.807) is 0 Å². The van der Waals surface area contributed by atoms with Gasteiger partial charge in [0.05, 0.1) is 6.61 Å². The van der Waals surface area contributed by atoms with Crippen molar-refractivity contribution in [1.82, 2.24) is 5.32 Å². The lowest BCUT2D eigenvalue weighted by molar-refractivity contribution is 0.283. The molecule has 0 fully saturated rings. The highest BCUT2D eigenvalue weighted by molar-refractivity contribution is 6.30. The van der Waals surface area contributed by atoms with Crippen LogP contribution in [0.1, 0.15) is 24.9 Å². The third kappa shape index (κ3) is 3.29. The third-order valence-corrected chi connectivity index (χ3v) is 2.44. The molecular formula is C11H16ClNO. The van der Waals surface area contributed by atoms with Crippen molar-refractivity contribution < 1.29 is 5.11 Å². The van der Waals surface area contributed by atoms with E-state index in [0.29, 0.717) is 12.6 Å². The summed E-state index contributed by atoms with van der Waals surface area (Å²) in [5.74, 6) is 0. The van der Waals surface area contributed by atoms with Crippen molar-refractivity contribution in [1.29, 1.82) is 0 Å². The van der Waals surface area contributed by atoms with Crippen molar-refractivity contribution in [2.75, 3.05) is 13.2 Å². The molecule has 1 unspecified atom stereocenters. The molecule has 0 bridgehead atoms. The molecule has 2 nitrogen and oxygen atoms in total. The van der Waals surface area contributed by atoms with Crippen molar-refractivity contribution in [3.63, 3.8) is 0 Å². The van der Waals surface area contributed by atoms with Crippen LogP contribution in [0.4, 0.5) is 0 Å². The van der Waals surface area contributed by atoms with Crippen LogP contribution in [0.25, 0.3) is 0 Å². The number of aliphatic hydroxyl groups excluding tert-OH is 1. The minimum atomic E-state index is 0.171. The minimum Gasteiger partial charge on any atom is -0.395 e. The fourth-order valence-corrected chi connectivity index (χ4v) is 1.56. The van der Waals surface area contributed by atoms with Crippen LogP contribution in [0.2, 0.25) is 5.02 Å². The summed E-state index contributed by atoms with van der Waals surface area (Å²) in [6, 6.07) is 8.11. The Bertz CT molecular complexity index is 260. The van der Waals surface area contributed by atoms with Gasteiger partial charge in [-0.1, -0.05) is 30.7 Å². The first-order valence-electron chi connectivity index (χ1n) is 4.87. The van der Waals surface area contributed by atoms with Gasteiger partial charge in [0, 0.05) is 17.6 Å². The molecule has 1 rings (SSSR count). The van der Waals surface area contributed by atoms with Crippen LogP contribution in [0.3, 0.4) is 0 Å². The SMILES string of the molecule is CCC(NCCO)c1ccc(Cl)cc1. The van der Waals surface area contributed by atoms with E-state index in [-0.39, 0.29) is 6.61 Å². The second-order valence-electron chi connectivity index (χ2n) is 3.19. The molecule has 0 saturated carbocycles. The molecule has 0 spiro atoms. The largest absolute Gasteiger partial charge is 0.395 e. The normalized spacial score (nSPS) is 12.8. The van der Waals surface area contributed by atoms with E-state index < -0.39 is 0 Å². The zero-order valence-electron chi connectivity index (χ0n) is 8.33. The fraction of sp³-hybridized carbons (Fsp3) is 0.455. The Balaban J connectivity index is 2.64. The number of benzene rings is 1. The van der Waals surface area contributed by atoms with Gasteiger partial charge < -0.3 is 10.4 Å². The molecule has 1 atom stereocenters. The monoisotopic (exact) mass is 213 g/mol. The quantitative estimate of drug-likeness (QED) is 0.787. The van der Waals surface area contributed by atoms with Crippen LogP contribution < -0.4 is 5.32 Å². The van der Waals surface area contributed by atoms with E-state index in [9.17, 15) is 0 Å². The van der Waals surface area contributed by atoms with Gasteiger partial charge in [-0.2, -0.15) is 0 Å². The van der Waals surface area contributed by atoms with E-state index in [4.69, 9.17) is 16.7 Å². The maximum atomic E-state index is 8.72. The van der Waals surface area contributed by atoms with Crippen molar-refractivity contribution in [2.45, 2.75) is 19.4 Å². The molecule has 1 aromatic rings. The summed E-state index contributed by atoms with van der Waals surface area (Å²) < 4.78 is 0. The Morgan fingerprint density at radius 2 is 2.00 bits per heavy atom. The average molecular weight is 214 g/mol. The van der Waals surface area contributed by atoms with E-state index >= 15 is 0 Å². The summed E-state index contributed by atoms with van der Waals surface area (Å²) in [6.07, 6.45) is 1.00.